The summed E-state index contributed by atoms with van der Waals surface area (Å²) in [6.45, 7) is 10.8. The number of carbonyl (C=O) groups excluding carboxylic acids is 2. The highest BCUT2D eigenvalue weighted by atomic mass is 16.6. The molecule has 0 unspecified atom stereocenters. The van der Waals surface area contributed by atoms with E-state index in [1.807, 2.05) is 41.5 Å². The van der Waals surface area contributed by atoms with Crippen LogP contribution in [0.2, 0.25) is 0 Å². The number of hydrogen-bond donors (Lipinski definition) is 1. The van der Waals surface area contributed by atoms with E-state index >= 15 is 0 Å². The summed E-state index contributed by atoms with van der Waals surface area (Å²) in [5.74, 6) is 1.24. The number of aromatic carboxylic acids is 1. The van der Waals surface area contributed by atoms with Gasteiger partial charge in [0, 0.05) is 80.3 Å². The molecule has 1 atom stereocenters. The lowest BCUT2D eigenvalue weighted by Gasteiger charge is -2.39. The number of ketones is 1. The summed E-state index contributed by atoms with van der Waals surface area (Å²) in [4.78, 5) is 66.1. The van der Waals surface area contributed by atoms with Gasteiger partial charge in [0.2, 0.25) is 17.7 Å². The molecule has 1 fully saturated rings. The van der Waals surface area contributed by atoms with Crippen LogP contribution in [0.1, 0.15) is 58.4 Å². The molecule has 0 saturated carbocycles. The van der Waals surface area contributed by atoms with Crippen LogP contribution in [0.4, 0.5) is 11.8 Å². The highest BCUT2D eigenvalue weighted by molar-refractivity contribution is 6.12. The maximum Gasteiger partial charge on any atom is 0.337 e. The van der Waals surface area contributed by atoms with Crippen LogP contribution in [-0.4, -0.2) is 152 Å². The minimum Gasteiger partial charge on any atom is -0.491 e. The number of nitriles is 1. The molecule has 374 valence electrons. The molecule has 22 heteroatoms. The number of Topliss-reactive ketones (excluding diaryl/α,β-unsaturated/α-hetero) is 1. The molecule has 0 radical (unpaired) electrons. The first-order valence-corrected chi connectivity index (χ1v) is 23.3. The van der Waals surface area contributed by atoms with Gasteiger partial charge in [0.15, 0.2) is 5.78 Å². The number of rotatable bonds is 24. The fourth-order valence-corrected chi connectivity index (χ4v) is 8.03. The number of pyridine rings is 3. The Morgan fingerprint density at radius 1 is 0.847 bits per heavy atom. The van der Waals surface area contributed by atoms with Crippen LogP contribution in [-0.2, 0) is 43.4 Å². The van der Waals surface area contributed by atoms with Gasteiger partial charge in [-0.2, -0.15) is 5.26 Å². The molecule has 6 aromatic rings. The quantitative estimate of drug-likeness (QED) is 0.0810. The number of benzene rings is 1. The van der Waals surface area contributed by atoms with Gasteiger partial charge in [-0.15, -0.1) is 5.10 Å². The summed E-state index contributed by atoms with van der Waals surface area (Å²) in [5.41, 5.74) is 2.62. The summed E-state index contributed by atoms with van der Waals surface area (Å²) in [7, 11) is 0. The van der Waals surface area contributed by atoms with E-state index in [1.165, 1.54) is 23.0 Å². The number of carboxylic acids is 1. The van der Waals surface area contributed by atoms with E-state index in [9.17, 15) is 19.6 Å². The van der Waals surface area contributed by atoms with Crippen molar-refractivity contribution in [2.24, 2.45) is 0 Å². The fraction of sp³-hybridized carbons (Fsp3) is 0.380. The Balaban J connectivity index is 0.676. The molecule has 0 aliphatic carbocycles. The molecule has 8 rings (SSSR count). The van der Waals surface area contributed by atoms with Gasteiger partial charge in [0.05, 0.1) is 81.4 Å². The van der Waals surface area contributed by atoms with Gasteiger partial charge in [-0.05, 0) is 57.2 Å². The molecule has 22 nitrogen and oxygen atoms in total. The number of carboxylic acid groups (broad SMARTS) is 1. The fourth-order valence-electron chi connectivity index (χ4n) is 8.03. The predicted octanol–water partition coefficient (Wildman–Crippen LogP) is 4.65. The Morgan fingerprint density at radius 3 is 2.29 bits per heavy atom. The molecule has 1 saturated heterocycles. The second-order valence-corrected chi connectivity index (χ2v) is 17.2. The smallest absolute Gasteiger partial charge is 0.337 e. The van der Waals surface area contributed by atoms with Gasteiger partial charge in [-0.3, -0.25) is 9.59 Å². The van der Waals surface area contributed by atoms with Crippen molar-refractivity contribution in [1.82, 2.24) is 44.8 Å². The Labute approximate surface area is 415 Å². The van der Waals surface area contributed by atoms with Crippen LogP contribution in [0.25, 0.3) is 11.3 Å². The molecular formula is C50H54N12O10. The summed E-state index contributed by atoms with van der Waals surface area (Å²) in [6, 6.07) is 19.1. The molecule has 7 heterocycles. The van der Waals surface area contributed by atoms with E-state index in [-0.39, 0.29) is 42.3 Å². The third kappa shape index (κ3) is 12.7. The Bertz CT molecular complexity index is 2860. The molecular weight excluding hydrogens is 929 g/mol. The summed E-state index contributed by atoms with van der Waals surface area (Å²) >= 11 is 0. The topological polar surface area (TPSA) is 255 Å². The van der Waals surface area contributed by atoms with Gasteiger partial charge >= 0.3 is 5.97 Å². The molecule has 0 spiro atoms. The minimum absolute atomic E-state index is 0.0414. The second kappa shape index (κ2) is 23.8. The molecule has 5 aromatic heterocycles. The van der Waals surface area contributed by atoms with E-state index in [1.54, 1.807) is 67.3 Å². The predicted molar refractivity (Wildman–Crippen MR) is 258 cm³/mol. The molecule has 72 heavy (non-hydrogen) atoms. The number of aromatic nitrogens is 8. The maximum atomic E-state index is 13.4. The van der Waals surface area contributed by atoms with Crippen LogP contribution < -0.4 is 19.3 Å². The summed E-state index contributed by atoms with van der Waals surface area (Å²) in [5, 5.41) is 26.9. The zero-order chi connectivity index (χ0) is 50.5. The lowest BCUT2D eigenvalue weighted by atomic mass is 9.97. The third-order valence-corrected chi connectivity index (χ3v) is 11.9. The monoisotopic (exact) mass is 982 g/mol. The highest BCUT2D eigenvalue weighted by Crippen LogP contribution is 2.40. The van der Waals surface area contributed by atoms with Crippen molar-refractivity contribution in [3.63, 3.8) is 0 Å². The normalized spacial score (nSPS) is 15.1. The van der Waals surface area contributed by atoms with E-state index in [4.69, 9.17) is 38.5 Å². The van der Waals surface area contributed by atoms with E-state index in [2.05, 4.69) is 36.3 Å². The van der Waals surface area contributed by atoms with E-state index in [0.717, 1.165) is 0 Å². The molecule has 2 aliphatic heterocycles. The van der Waals surface area contributed by atoms with Crippen LogP contribution in [0.5, 0.6) is 17.4 Å². The highest BCUT2D eigenvalue weighted by Gasteiger charge is 2.45. The average molecular weight is 983 g/mol. The van der Waals surface area contributed by atoms with Crippen molar-refractivity contribution in [1.29, 1.82) is 5.26 Å². The van der Waals surface area contributed by atoms with Crippen molar-refractivity contribution in [2.45, 2.75) is 52.0 Å². The van der Waals surface area contributed by atoms with Crippen molar-refractivity contribution >= 4 is 29.4 Å². The van der Waals surface area contributed by atoms with E-state index < -0.39 is 11.5 Å². The van der Waals surface area contributed by atoms with Gasteiger partial charge in [0.1, 0.15) is 47.9 Å². The molecule has 0 bridgehead atoms. The Hall–Kier alpha value is -7.97. The van der Waals surface area contributed by atoms with Crippen LogP contribution in [0.3, 0.4) is 0 Å². The number of carbonyl (C=O) groups is 3. The largest absolute Gasteiger partial charge is 0.491 e. The minimum atomic E-state index is -1.06. The van der Waals surface area contributed by atoms with Crippen molar-refractivity contribution in [2.75, 3.05) is 82.3 Å². The number of anilines is 2. The first kappa shape index (κ1) is 50.4. The third-order valence-electron chi connectivity index (χ3n) is 11.9. The zero-order valence-corrected chi connectivity index (χ0v) is 40.1. The SMILES string of the molecule is C[C@@H]1CN(c2ncc(-c3ccc4c(n3)N(Cc3cccnc3C#N)C(C)(C)C4=O)cn2)CCN1C(=O)Cn1cc(COCCOCCOCCOCCOc2cccc(Oc3ccc(C(=O)O)cn3)c2)nn1. The lowest BCUT2D eigenvalue weighted by Crippen LogP contribution is -2.55. The number of fused-ring (bicyclic) bond motifs is 1. The van der Waals surface area contributed by atoms with Crippen molar-refractivity contribution in [3.05, 3.63) is 120 Å². The Kier molecular flexibility index (Phi) is 16.6. The van der Waals surface area contributed by atoms with Gasteiger partial charge in [-0.25, -0.2) is 34.4 Å². The van der Waals surface area contributed by atoms with Crippen molar-refractivity contribution in [3.8, 4) is 34.7 Å². The van der Waals surface area contributed by atoms with E-state index in [0.29, 0.717) is 136 Å². The van der Waals surface area contributed by atoms with Crippen LogP contribution in [0, 0.1) is 11.3 Å². The van der Waals surface area contributed by atoms with Crippen LogP contribution in [0.15, 0.2) is 91.6 Å². The van der Waals surface area contributed by atoms with Gasteiger partial charge in [0.25, 0.3) is 0 Å². The summed E-state index contributed by atoms with van der Waals surface area (Å²) < 4.78 is 35.4. The Morgan fingerprint density at radius 2 is 1.58 bits per heavy atom. The molecule has 1 N–H and O–H groups in total. The molecule has 2 aliphatic rings. The second-order valence-electron chi connectivity index (χ2n) is 17.2. The molecule has 1 amide bonds. The average Bonchev–Trinajstić information content (AvgIpc) is 3.91. The standard InChI is InChI=1S/C50H54N12O10/c1-34-29-59(49-54-27-37(28-55-49)42-11-10-41-46(64)50(2,3)62(47(41)56-42)30-36-6-5-13-52-43(36)25-51)14-15-61(34)45(63)32-60-31-38(57-58-60)33-70-21-20-68-17-16-67-18-19-69-22-23-71-39-7-4-8-40(24-39)72-44-12-9-35(26-53-44)48(65)66/h4-13,24,26-28,31,34H,14-23,29-30,32-33H2,1-3H3,(H,65,66)/t34-/m1/s1. The maximum absolute atomic E-state index is 13.4. The first-order chi connectivity index (χ1) is 35.0. The number of amides is 1. The summed E-state index contributed by atoms with van der Waals surface area (Å²) in [6.07, 6.45) is 7.94. The number of hydrogen-bond acceptors (Lipinski definition) is 19. The number of nitrogens with zero attached hydrogens (tertiary/aromatic N) is 12. The van der Waals surface area contributed by atoms with Gasteiger partial charge < -0.3 is 48.2 Å². The van der Waals surface area contributed by atoms with Crippen LogP contribution >= 0.6 is 0 Å². The number of ether oxygens (including phenoxy) is 6. The number of piperazine rings is 1. The zero-order valence-electron chi connectivity index (χ0n) is 40.1. The van der Waals surface area contributed by atoms with Gasteiger partial charge in [-0.1, -0.05) is 17.3 Å². The first-order valence-electron chi connectivity index (χ1n) is 23.3. The van der Waals surface area contributed by atoms with Crippen molar-refractivity contribution < 1.29 is 47.9 Å². The lowest BCUT2D eigenvalue weighted by molar-refractivity contribution is -0.134. The molecule has 1 aromatic carbocycles.